The van der Waals surface area contributed by atoms with Crippen molar-refractivity contribution in [3.05, 3.63) is 53.3 Å². The van der Waals surface area contributed by atoms with E-state index in [4.69, 9.17) is 0 Å². The predicted octanol–water partition coefficient (Wildman–Crippen LogP) is 4.75. The minimum absolute atomic E-state index is 0.735. The lowest BCUT2D eigenvalue weighted by Gasteiger charge is -2.36. The molecule has 1 aromatic carbocycles. The molecule has 5 nitrogen and oxygen atoms in total. The second kappa shape index (κ2) is 9.55. The molecule has 2 aromatic heterocycles. The van der Waals surface area contributed by atoms with Crippen molar-refractivity contribution in [2.75, 3.05) is 43.4 Å². The second-order valence-electron chi connectivity index (χ2n) is 7.97. The van der Waals surface area contributed by atoms with Gasteiger partial charge in [-0.25, -0.2) is 4.98 Å². The van der Waals surface area contributed by atoms with Crippen LogP contribution < -0.4 is 4.90 Å². The summed E-state index contributed by atoms with van der Waals surface area (Å²) in [6.07, 6.45) is 4.36. The lowest BCUT2D eigenvalue weighted by Crippen LogP contribution is -2.46. The van der Waals surface area contributed by atoms with Gasteiger partial charge in [0.15, 0.2) is 0 Å². The van der Waals surface area contributed by atoms with Crippen molar-refractivity contribution in [3.8, 4) is 6.07 Å². The second-order valence-corrected chi connectivity index (χ2v) is 9.06. The number of aryl methyl sites for hydroxylation is 2. The van der Waals surface area contributed by atoms with Crippen LogP contribution in [-0.2, 0) is 0 Å². The lowest BCUT2D eigenvalue weighted by atomic mass is 10.1. The number of anilines is 1. The van der Waals surface area contributed by atoms with Crippen molar-refractivity contribution in [1.82, 2.24) is 14.9 Å². The molecule has 1 aliphatic rings. The molecular formula is C24H29N5S. The highest BCUT2D eigenvalue weighted by Gasteiger charge is 2.18. The predicted molar refractivity (Wildman–Crippen MR) is 125 cm³/mol. The van der Waals surface area contributed by atoms with Crippen LogP contribution in [0.15, 0.2) is 41.6 Å². The van der Waals surface area contributed by atoms with Gasteiger partial charge in [-0.3, -0.25) is 4.90 Å². The number of aromatic nitrogens is 2. The molecule has 156 valence electrons. The number of nitriles is 1. The van der Waals surface area contributed by atoms with E-state index in [1.807, 2.05) is 26.1 Å². The highest BCUT2D eigenvalue weighted by molar-refractivity contribution is 7.99. The number of aromatic amines is 1. The highest BCUT2D eigenvalue weighted by Crippen LogP contribution is 2.27. The maximum Gasteiger partial charge on any atom is 0.114 e. The Bertz CT molecular complexity index is 1040. The number of thioether (sulfide) groups is 1. The fraction of sp³-hybridized carbons (Fsp3) is 0.417. The molecule has 6 heteroatoms. The van der Waals surface area contributed by atoms with E-state index < -0.39 is 0 Å². The van der Waals surface area contributed by atoms with Crippen LogP contribution in [-0.4, -0.2) is 53.3 Å². The average molecular weight is 420 g/mol. The van der Waals surface area contributed by atoms with E-state index in [1.54, 1.807) is 11.8 Å². The first-order chi connectivity index (χ1) is 14.7. The van der Waals surface area contributed by atoms with E-state index in [-0.39, 0.29) is 0 Å². The molecule has 30 heavy (non-hydrogen) atoms. The summed E-state index contributed by atoms with van der Waals surface area (Å²) in [5.74, 6) is 1.01. The fourth-order valence-corrected chi connectivity index (χ4v) is 5.31. The molecule has 1 aliphatic heterocycles. The van der Waals surface area contributed by atoms with E-state index >= 15 is 0 Å². The third-order valence-corrected chi connectivity index (χ3v) is 6.88. The van der Waals surface area contributed by atoms with Crippen molar-refractivity contribution in [2.24, 2.45) is 0 Å². The van der Waals surface area contributed by atoms with Crippen LogP contribution in [0.25, 0.3) is 10.9 Å². The molecule has 0 spiro atoms. The maximum atomic E-state index is 9.40. The number of rotatable bonds is 7. The number of H-pyrrole nitrogens is 1. The quantitative estimate of drug-likeness (QED) is 0.442. The molecule has 3 heterocycles. The number of benzene rings is 1. The third kappa shape index (κ3) is 4.63. The SMILES string of the molecule is Cc1cc(C)c(C#N)c(SCCCCN2CCN(c3cccc4[nH]ccc34)CC2)n1. The van der Waals surface area contributed by atoms with Gasteiger partial charge >= 0.3 is 0 Å². The molecular weight excluding hydrogens is 390 g/mol. The zero-order valence-electron chi connectivity index (χ0n) is 17.8. The average Bonchev–Trinajstić information content (AvgIpc) is 3.23. The number of nitrogens with zero attached hydrogens (tertiary/aromatic N) is 4. The van der Waals surface area contributed by atoms with Crippen LogP contribution in [0.4, 0.5) is 5.69 Å². The van der Waals surface area contributed by atoms with Crippen LogP contribution in [0.3, 0.4) is 0 Å². The first kappa shape index (κ1) is 20.8. The van der Waals surface area contributed by atoms with Crippen LogP contribution >= 0.6 is 11.8 Å². The summed E-state index contributed by atoms with van der Waals surface area (Å²) in [6, 6.07) is 13.0. The van der Waals surface area contributed by atoms with E-state index in [1.165, 1.54) is 23.0 Å². The van der Waals surface area contributed by atoms with E-state index in [0.717, 1.165) is 66.7 Å². The summed E-state index contributed by atoms with van der Waals surface area (Å²) >= 11 is 1.72. The first-order valence-corrected chi connectivity index (χ1v) is 11.7. The topological polar surface area (TPSA) is 59.0 Å². The van der Waals surface area contributed by atoms with Crippen molar-refractivity contribution in [3.63, 3.8) is 0 Å². The van der Waals surface area contributed by atoms with Crippen LogP contribution in [0.5, 0.6) is 0 Å². The molecule has 1 fully saturated rings. The Balaban J connectivity index is 1.21. The summed E-state index contributed by atoms with van der Waals surface area (Å²) in [6.45, 7) is 9.53. The highest BCUT2D eigenvalue weighted by atomic mass is 32.2. The third-order valence-electron chi connectivity index (χ3n) is 5.82. The van der Waals surface area contributed by atoms with Crippen molar-refractivity contribution in [1.29, 1.82) is 5.26 Å². The number of fused-ring (bicyclic) bond motifs is 1. The van der Waals surface area contributed by atoms with E-state index in [2.05, 4.69) is 50.1 Å². The Labute approximate surface area is 183 Å². The maximum absolute atomic E-state index is 9.40. The number of nitrogens with one attached hydrogen (secondary N) is 1. The Kier molecular flexibility index (Phi) is 6.61. The van der Waals surface area contributed by atoms with Crippen molar-refractivity contribution in [2.45, 2.75) is 31.7 Å². The minimum Gasteiger partial charge on any atom is -0.368 e. The largest absolute Gasteiger partial charge is 0.368 e. The number of piperazine rings is 1. The molecule has 0 amide bonds. The van der Waals surface area contributed by atoms with Gasteiger partial charge in [-0.2, -0.15) is 5.26 Å². The number of unbranched alkanes of at least 4 members (excludes halogenated alkanes) is 1. The van der Waals surface area contributed by atoms with E-state index in [9.17, 15) is 5.26 Å². The Hall–Kier alpha value is -2.49. The molecule has 3 aromatic rings. The monoisotopic (exact) mass is 419 g/mol. The van der Waals surface area contributed by atoms with Crippen LogP contribution in [0, 0.1) is 25.2 Å². The van der Waals surface area contributed by atoms with E-state index in [0.29, 0.717) is 0 Å². The summed E-state index contributed by atoms with van der Waals surface area (Å²) < 4.78 is 0. The van der Waals surface area contributed by atoms with Gasteiger partial charge in [0.05, 0.1) is 5.56 Å². The van der Waals surface area contributed by atoms with Crippen molar-refractivity contribution < 1.29 is 0 Å². The molecule has 1 saturated heterocycles. The molecule has 4 rings (SSSR count). The van der Waals surface area contributed by atoms with Gasteiger partial charge in [0, 0.05) is 54.7 Å². The summed E-state index contributed by atoms with van der Waals surface area (Å²) in [4.78, 5) is 13.0. The normalized spacial score (nSPS) is 14.9. The van der Waals surface area contributed by atoms with Gasteiger partial charge in [-0.1, -0.05) is 6.07 Å². The molecule has 0 radical (unpaired) electrons. The lowest BCUT2D eigenvalue weighted by molar-refractivity contribution is 0.254. The first-order valence-electron chi connectivity index (χ1n) is 10.7. The van der Waals surface area contributed by atoms with Crippen molar-refractivity contribution >= 4 is 28.4 Å². The minimum atomic E-state index is 0.735. The van der Waals surface area contributed by atoms with Crippen LogP contribution in [0.2, 0.25) is 0 Å². The Morgan fingerprint density at radius 1 is 1.13 bits per heavy atom. The smallest absolute Gasteiger partial charge is 0.114 e. The van der Waals surface area contributed by atoms with Gasteiger partial charge in [-0.15, -0.1) is 11.8 Å². The number of pyridine rings is 1. The standard InChI is InChI=1S/C24H29N5S/c1-18-16-19(2)27-24(21(18)17-25)30-15-4-3-10-28-11-13-29(14-12-28)23-7-5-6-22-20(23)8-9-26-22/h5-9,16,26H,3-4,10-15H2,1-2H3. The zero-order chi connectivity index (χ0) is 20.9. The molecule has 0 atom stereocenters. The summed E-state index contributed by atoms with van der Waals surface area (Å²) in [5.41, 5.74) is 5.31. The molecule has 0 aliphatic carbocycles. The zero-order valence-corrected chi connectivity index (χ0v) is 18.6. The number of hydrogen-bond donors (Lipinski definition) is 1. The van der Waals surface area contributed by atoms with Crippen LogP contribution in [0.1, 0.15) is 29.7 Å². The number of hydrogen-bond acceptors (Lipinski definition) is 5. The fourth-order valence-electron chi connectivity index (χ4n) is 4.21. The Morgan fingerprint density at radius 2 is 1.97 bits per heavy atom. The van der Waals surface area contributed by atoms with Gasteiger partial charge in [0.1, 0.15) is 11.1 Å². The molecule has 0 saturated carbocycles. The summed E-state index contributed by atoms with van der Waals surface area (Å²) in [7, 11) is 0. The van der Waals surface area contributed by atoms with Gasteiger partial charge in [0.25, 0.3) is 0 Å². The Morgan fingerprint density at radius 3 is 2.77 bits per heavy atom. The molecule has 1 N–H and O–H groups in total. The molecule has 0 bridgehead atoms. The van der Waals surface area contributed by atoms with Gasteiger partial charge < -0.3 is 9.88 Å². The van der Waals surface area contributed by atoms with Gasteiger partial charge in [-0.05, 0) is 68.8 Å². The van der Waals surface area contributed by atoms with Gasteiger partial charge in [0.2, 0.25) is 0 Å². The summed E-state index contributed by atoms with van der Waals surface area (Å²) in [5, 5.41) is 11.6. The molecule has 0 unspecified atom stereocenters.